The number of anilines is 1. The summed E-state index contributed by atoms with van der Waals surface area (Å²) in [5.74, 6) is 0.956. The second-order valence-corrected chi connectivity index (χ2v) is 6.14. The summed E-state index contributed by atoms with van der Waals surface area (Å²) in [6.45, 7) is 2.00. The van der Waals surface area contributed by atoms with Gasteiger partial charge in [0.05, 0.1) is 10.6 Å². The normalized spacial score (nSPS) is 13.2. The second kappa shape index (κ2) is 4.72. The van der Waals surface area contributed by atoms with Crippen molar-refractivity contribution in [1.29, 1.82) is 0 Å². The molecule has 104 valence electrons. The van der Waals surface area contributed by atoms with Crippen LogP contribution in [0.15, 0.2) is 47.4 Å². The van der Waals surface area contributed by atoms with Crippen molar-refractivity contribution in [3.05, 3.63) is 48.0 Å². The predicted molar refractivity (Wildman–Crippen MR) is 74.6 cm³/mol. The molecule has 0 unspecified atom stereocenters. The predicted octanol–water partition coefficient (Wildman–Crippen LogP) is 2.52. The summed E-state index contributed by atoms with van der Waals surface area (Å²) in [7, 11) is -3.64. The van der Waals surface area contributed by atoms with E-state index in [2.05, 4.69) is 4.72 Å². The Labute approximate surface area is 117 Å². The van der Waals surface area contributed by atoms with Crippen LogP contribution in [-0.4, -0.2) is 15.2 Å². The first-order valence-electron chi connectivity index (χ1n) is 6.04. The molecule has 2 aromatic carbocycles. The molecule has 1 N–H and O–H groups in total. The van der Waals surface area contributed by atoms with Gasteiger partial charge in [-0.1, -0.05) is 23.8 Å². The number of ether oxygens (including phenoxy) is 2. The average Bonchev–Trinajstić information content (AvgIpc) is 2.88. The fraction of sp³-hybridized carbons (Fsp3) is 0.143. The van der Waals surface area contributed by atoms with Gasteiger partial charge in [-0.2, -0.15) is 0 Å². The molecule has 5 nitrogen and oxygen atoms in total. The Morgan fingerprint density at radius 3 is 2.55 bits per heavy atom. The van der Waals surface area contributed by atoms with Crippen LogP contribution in [0.2, 0.25) is 0 Å². The fourth-order valence-corrected chi connectivity index (χ4v) is 2.99. The van der Waals surface area contributed by atoms with Crippen LogP contribution in [0, 0.1) is 6.92 Å². The van der Waals surface area contributed by atoms with Gasteiger partial charge in [0, 0.05) is 0 Å². The van der Waals surface area contributed by atoms with Gasteiger partial charge in [-0.15, -0.1) is 0 Å². The van der Waals surface area contributed by atoms with E-state index < -0.39 is 10.0 Å². The second-order valence-electron chi connectivity index (χ2n) is 4.46. The lowest BCUT2D eigenvalue weighted by atomic mass is 10.2. The minimum Gasteiger partial charge on any atom is -0.454 e. The van der Waals surface area contributed by atoms with Crippen molar-refractivity contribution in [2.24, 2.45) is 0 Å². The van der Waals surface area contributed by atoms with Crippen molar-refractivity contribution in [2.75, 3.05) is 11.5 Å². The smallest absolute Gasteiger partial charge is 0.262 e. The van der Waals surface area contributed by atoms with Gasteiger partial charge in [0.1, 0.15) is 0 Å². The van der Waals surface area contributed by atoms with Crippen LogP contribution in [0.5, 0.6) is 11.5 Å². The Hall–Kier alpha value is -2.21. The molecule has 1 aliphatic heterocycles. The van der Waals surface area contributed by atoms with Gasteiger partial charge in [-0.3, -0.25) is 4.72 Å². The molecule has 0 radical (unpaired) electrons. The zero-order valence-corrected chi connectivity index (χ0v) is 11.6. The van der Waals surface area contributed by atoms with Gasteiger partial charge >= 0.3 is 0 Å². The zero-order valence-electron chi connectivity index (χ0n) is 10.8. The quantitative estimate of drug-likeness (QED) is 0.943. The largest absolute Gasteiger partial charge is 0.454 e. The summed E-state index contributed by atoms with van der Waals surface area (Å²) >= 11 is 0. The van der Waals surface area contributed by atoms with E-state index in [9.17, 15) is 8.42 Å². The fourth-order valence-electron chi connectivity index (χ4n) is 1.93. The lowest BCUT2D eigenvalue weighted by molar-refractivity contribution is 0.174. The summed E-state index contributed by atoms with van der Waals surface area (Å²) in [6, 6.07) is 11.7. The molecule has 20 heavy (non-hydrogen) atoms. The molecule has 0 fully saturated rings. The van der Waals surface area contributed by atoms with Gasteiger partial charge in [-0.05, 0) is 31.2 Å². The lowest BCUT2D eigenvalue weighted by Gasteiger charge is -2.10. The standard InChI is InChI=1S/C14H13NO4S/c1-10-5-7-11(8-6-10)20(16,17)15-12-3-2-4-13-14(12)19-9-18-13/h2-8,15H,9H2,1H3. The zero-order chi connectivity index (χ0) is 14.2. The molecule has 0 bridgehead atoms. The Balaban J connectivity index is 1.95. The van der Waals surface area contributed by atoms with E-state index in [0.29, 0.717) is 17.2 Å². The van der Waals surface area contributed by atoms with Gasteiger partial charge in [0.2, 0.25) is 6.79 Å². The third-order valence-electron chi connectivity index (χ3n) is 2.97. The van der Waals surface area contributed by atoms with E-state index in [1.807, 2.05) is 6.92 Å². The minimum absolute atomic E-state index is 0.0958. The number of rotatable bonds is 3. The number of aryl methyl sites for hydroxylation is 1. The van der Waals surface area contributed by atoms with Crippen molar-refractivity contribution in [3.8, 4) is 11.5 Å². The summed E-state index contributed by atoms with van der Waals surface area (Å²) in [5.41, 5.74) is 1.38. The Bertz CT molecular complexity index is 738. The van der Waals surface area contributed by atoms with Crippen molar-refractivity contribution < 1.29 is 17.9 Å². The third-order valence-corrected chi connectivity index (χ3v) is 4.35. The number of benzene rings is 2. The molecule has 3 rings (SSSR count). The third kappa shape index (κ3) is 2.30. The summed E-state index contributed by atoms with van der Waals surface area (Å²) in [6.07, 6.45) is 0. The maximum Gasteiger partial charge on any atom is 0.262 e. The van der Waals surface area contributed by atoms with E-state index >= 15 is 0 Å². The van der Waals surface area contributed by atoms with E-state index in [1.54, 1.807) is 42.5 Å². The van der Waals surface area contributed by atoms with E-state index in [1.165, 1.54) is 0 Å². The first kappa shape index (κ1) is 12.8. The Kier molecular flexibility index (Phi) is 3.02. The molecular weight excluding hydrogens is 278 g/mol. The number of nitrogens with one attached hydrogen (secondary N) is 1. The Morgan fingerprint density at radius 1 is 1.05 bits per heavy atom. The Morgan fingerprint density at radius 2 is 1.80 bits per heavy atom. The van der Waals surface area contributed by atoms with E-state index in [0.717, 1.165) is 5.56 Å². The van der Waals surface area contributed by atoms with Crippen molar-refractivity contribution in [3.63, 3.8) is 0 Å². The van der Waals surface area contributed by atoms with Crippen molar-refractivity contribution in [2.45, 2.75) is 11.8 Å². The first-order chi connectivity index (χ1) is 9.56. The van der Waals surface area contributed by atoms with Gasteiger partial charge in [0.15, 0.2) is 11.5 Å². The molecule has 2 aromatic rings. The number of hydrogen-bond donors (Lipinski definition) is 1. The number of hydrogen-bond acceptors (Lipinski definition) is 4. The van der Waals surface area contributed by atoms with E-state index in [-0.39, 0.29) is 11.7 Å². The summed E-state index contributed by atoms with van der Waals surface area (Å²) in [5, 5.41) is 0. The molecule has 1 heterocycles. The highest BCUT2D eigenvalue weighted by Gasteiger charge is 2.21. The van der Waals surface area contributed by atoms with Crippen LogP contribution in [0.1, 0.15) is 5.56 Å². The molecule has 0 saturated heterocycles. The molecule has 0 spiro atoms. The van der Waals surface area contributed by atoms with Crippen LogP contribution >= 0.6 is 0 Å². The highest BCUT2D eigenvalue weighted by Crippen LogP contribution is 2.39. The van der Waals surface area contributed by atoms with Gasteiger partial charge in [0.25, 0.3) is 10.0 Å². The monoisotopic (exact) mass is 291 g/mol. The van der Waals surface area contributed by atoms with Crippen LogP contribution in [0.25, 0.3) is 0 Å². The molecule has 0 aliphatic carbocycles. The topological polar surface area (TPSA) is 64.6 Å². The SMILES string of the molecule is Cc1ccc(S(=O)(=O)Nc2cccc3c2OCO3)cc1. The van der Waals surface area contributed by atoms with Crippen molar-refractivity contribution >= 4 is 15.7 Å². The number of sulfonamides is 1. The molecule has 0 aromatic heterocycles. The maximum atomic E-state index is 12.3. The highest BCUT2D eigenvalue weighted by atomic mass is 32.2. The van der Waals surface area contributed by atoms with Crippen LogP contribution < -0.4 is 14.2 Å². The average molecular weight is 291 g/mol. The van der Waals surface area contributed by atoms with Crippen LogP contribution in [0.4, 0.5) is 5.69 Å². The molecule has 1 aliphatic rings. The summed E-state index contributed by atoms with van der Waals surface area (Å²) in [4.78, 5) is 0.208. The summed E-state index contributed by atoms with van der Waals surface area (Å²) < 4.78 is 37.6. The van der Waals surface area contributed by atoms with Gasteiger partial charge in [-0.25, -0.2) is 8.42 Å². The maximum absolute atomic E-state index is 12.3. The van der Waals surface area contributed by atoms with Gasteiger partial charge < -0.3 is 9.47 Å². The minimum atomic E-state index is -3.64. The van der Waals surface area contributed by atoms with Crippen LogP contribution in [0.3, 0.4) is 0 Å². The molecule has 0 saturated carbocycles. The molecule has 0 atom stereocenters. The molecule has 0 amide bonds. The molecular formula is C14H13NO4S. The van der Waals surface area contributed by atoms with E-state index in [4.69, 9.17) is 9.47 Å². The molecule has 6 heteroatoms. The highest BCUT2D eigenvalue weighted by molar-refractivity contribution is 7.92. The lowest BCUT2D eigenvalue weighted by Crippen LogP contribution is -2.13. The van der Waals surface area contributed by atoms with Crippen LogP contribution in [-0.2, 0) is 10.0 Å². The number of fused-ring (bicyclic) bond motifs is 1. The number of para-hydroxylation sites is 1. The first-order valence-corrected chi connectivity index (χ1v) is 7.53. The van der Waals surface area contributed by atoms with Crippen molar-refractivity contribution in [1.82, 2.24) is 0 Å².